The smallest absolute Gasteiger partial charge is 0.349 e. The molecule has 0 aliphatic carbocycles. The molecule has 10 heteroatoms. The Balaban J connectivity index is 2.48. The molecule has 2 heterocycles. The van der Waals surface area contributed by atoms with Gasteiger partial charge in [0.2, 0.25) is 5.95 Å². The van der Waals surface area contributed by atoms with Gasteiger partial charge in [-0.25, -0.2) is 10.8 Å². The lowest BCUT2D eigenvalue weighted by atomic mass is 10.3. The summed E-state index contributed by atoms with van der Waals surface area (Å²) in [7, 11) is 1.75. The Morgan fingerprint density at radius 3 is 2.70 bits per heavy atom. The summed E-state index contributed by atoms with van der Waals surface area (Å²) in [5, 5.41) is 15.1. The first-order valence-electron chi connectivity index (χ1n) is 5.60. The Labute approximate surface area is 113 Å². The number of hydrazine groups is 1. The normalized spacial score (nSPS) is 10.4. The lowest BCUT2D eigenvalue weighted by Crippen LogP contribution is -2.11. The van der Waals surface area contributed by atoms with Crippen LogP contribution in [-0.4, -0.2) is 24.7 Å². The molecule has 0 saturated carbocycles. The summed E-state index contributed by atoms with van der Waals surface area (Å²) in [6.07, 6.45) is 1.03. The molecule has 0 saturated heterocycles. The van der Waals surface area contributed by atoms with Crippen molar-refractivity contribution < 1.29 is 9.66 Å². The second kappa shape index (κ2) is 5.09. The Kier molecular flexibility index (Phi) is 3.48. The predicted molar refractivity (Wildman–Crippen MR) is 69.3 cm³/mol. The average Bonchev–Trinajstić information content (AvgIpc) is 2.65. The first-order chi connectivity index (χ1) is 9.43. The lowest BCUT2D eigenvalue weighted by molar-refractivity contribution is -0.386. The summed E-state index contributed by atoms with van der Waals surface area (Å²) in [5.74, 6) is 5.42. The molecule has 0 aliphatic rings. The van der Waals surface area contributed by atoms with Crippen LogP contribution in [0.25, 0.3) is 0 Å². The molecule has 0 atom stereocenters. The Bertz CT molecular complexity index is 667. The number of anilines is 1. The number of nitrogen functional groups attached to an aromatic ring is 1. The van der Waals surface area contributed by atoms with Crippen molar-refractivity contribution in [2.45, 2.75) is 13.8 Å². The van der Waals surface area contributed by atoms with Gasteiger partial charge in [-0.2, -0.15) is 10.1 Å². The summed E-state index contributed by atoms with van der Waals surface area (Å²) in [6, 6.07) is 0. The molecule has 0 aliphatic heterocycles. The van der Waals surface area contributed by atoms with Gasteiger partial charge in [-0.3, -0.25) is 20.2 Å². The van der Waals surface area contributed by atoms with Crippen LogP contribution in [0.15, 0.2) is 6.20 Å². The van der Waals surface area contributed by atoms with Gasteiger partial charge in [0, 0.05) is 7.05 Å². The maximum atomic E-state index is 11.0. The molecule has 2 aromatic heterocycles. The minimum absolute atomic E-state index is 0.0183. The summed E-state index contributed by atoms with van der Waals surface area (Å²) in [6.45, 7) is 3.52. The number of nitro groups is 1. The van der Waals surface area contributed by atoms with E-state index < -0.39 is 4.92 Å². The van der Waals surface area contributed by atoms with E-state index in [9.17, 15) is 10.1 Å². The fraction of sp³-hybridized carbons (Fsp3) is 0.300. The molecule has 2 aromatic rings. The van der Waals surface area contributed by atoms with Gasteiger partial charge in [-0.15, -0.1) is 0 Å². The number of hydrogen-bond donors (Lipinski definition) is 2. The Morgan fingerprint density at radius 2 is 2.20 bits per heavy atom. The van der Waals surface area contributed by atoms with Crippen molar-refractivity contribution in [2.24, 2.45) is 12.9 Å². The molecular formula is C10H13N7O3. The van der Waals surface area contributed by atoms with Crippen LogP contribution in [0, 0.1) is 24.0 Å². The van der Waals surface area contributed by atoms with Crippen LogP contribution in [0.2, 0.25) is 0 Å². The molecule has 0 spiro atoms. The van der Waals surface area contributed by atoms with Crippen LogP contribution in [-0.2, 0) is 7.05 Å². The van der Waals surface area contributed by atoms with Gasteiger partial charge in [0.25, 0.3) is 0 Å². The van der Waals surface area contributed by atoms with Gasteiger partial charge >= 0.3 is 11.6 Å². The Hall–Kier alpha value is -2.75. The molecule has 0 amide bonds. The predicted octanol–water partition coefficient (Wildman–Crippen LogP) is 0.813. The lowest BCUT2D eigenvalue weighted by Gasteiger charge is -2.06. The number of ether oxygens (including phenoxy) is 1. The number of nitrogens with two attached hydrogens (primary N) is 1. The van der Waals surface area contributed by atoms with E-state index in [1.165, 1.54) is 0 Å². The number of hydrogen-bond acceptors (Lipinski definition) is 8. The van der Waals surface area contributed by atoms with Crippen LogP contribution >= 0.6 is 0 Å². The standard InChI is InChI=1S/C10H13N7O3/c1-5-8(6(2)16(3)15-5)20-9-7(17(18)19)4-12-10(13-9)14-11/h4H,11H2,1-3H3,(H,12,13,14). The van der Waals surface area contributed by atoms with Crippen LogP contribution in [0.3, 0.4) is 0 Å². The number of nitrogens with zero attached hydrogens (tertiary/aromatic N) is 5. The second-order valence-electron chi connectivity index (χ2n) is 4.01. The first kappa shape index (κ1) is 13.7. The summed E-state index contributed by atoms with van der Waals surface area (Å²) < 4.78 is 7.13. The molecule has 10 nitrogen and oxygen atoms in total. The fourth-order valence-electron chi connectivity index (χ4n) is 1.63. The van der Waals surface area contributed by atoms with E-state index in [4.69, 9.17) is 10.6 Å². The summed E-state index contributed by atoms with van der Waals surface area (Å²) in [5.41, 5.74) is 3.17. The zero-order valence-electron chi connectivity index (χ0n) is 11.1. The largest absolute Gasteiger partial charge is 0.430 e. The van der Waals surface area contributed by atoms with Crippen LogP contribution in [0.1, 0.15) is 11.4 Å². The highest BCUT2D eigenvalue weighted by molar-refractivity contribution is 5.46. The van der Waals surface area contributed by atoms with Crippen molar-refractivity contribution >= 4 is 11.6 Å². The summed E-state index contributed by atoms with van der Waals surface area (Å²) in [4.78, 5) is 17.9. The zero-order valence-corrected chi connectivity index (χ0v) is 11.1. The maximum Gasteiger partial charge on any atom is 0.349 e. The van der Waals surface area contributed by atoms with Crippen molar-refractivity contribution in [2.75, 3.05) is 5.43 Å². The van der Waals surface area contributed by atoms with Gasteiger partial charge in [0.05, 0.1) is 10.6 Å². The third kappa shape index (κ3) is 2.36. The first-order valence-corrected chi connectivity index (χ1v) is 5.60. The topological polar surface area (TPSA) is 134 Å². The van der Waals surface area contributed by atoms with Crippen LogP contribution < -0.4 is 16.0 Å². The van der Waals surface area contributed by atoms with Crippen molar-refractivity contribution in [3.05, 3.63) is 27.7 Å². The minimum atomic E-state index is -0.628. The monoisotopic (exact) mass is 279 g/mol. The molecule has 20 heavy (non-hydrogen) atoms. The number of nitrogens with one attached hydrogen (secondary N) is 1. The molecule has 2 rings (SSSR count). The van der Waals surface area contributed by atoms with E-state index in [1.54, 1.807) is 25.6 Å². The SMILES string of the molecule is Cc1nn(C)c(C)c1Oc1nc(NN)ncc1[N+](=O)[O-]. The van der Waals surface area contributed by atoms with Crippen LogP contribution in [0.5, 0.6) is 11.6 Å². The number of aryl methyl sites for hydroxylation is 2. The third-order valence-corrected chi connectivity index (χ3v) is 2.70. The molecule has 0 unspecified atom stereocenters. The van der Waals surface area contributed by atoms with Crippen LogP contribution in [0.4, 0.5) is 11.6 Å². The molecule has 3 N–H and O–H groups in total. The number of aromatic nitrogens is 4. The van der Waals surface area contributed by atoms with E-state index in [0.717, 1.165) is 11.9 Å². The molecule has 0 aromatic carbocycles. The van der Waals surface area contributed by atoms with E-state index >= 15 is 0 Å². The minimum Gasteiger partial charge on any atom is -0.430 e. The molecule has 0 fully saturated rings. The number of rotatable bonds is 4. The van der Waals surface area contributed by atoms with E-state index in [1.807, 2.05) is 0 Å². The van der Waals surface area contributed by atoms with Crippen molar-refractivity contribution in [1.82, 2.24) is 19.7 Å². The average molecular weight is 279 g/mol. The maximum absolute atomic E-state index is 11.0. The highest BCUT2D eigenvalue weighted by Gasteiger charge is 2.22. The third-order valence-electron chi connectivity index (χ3n) is 2.70. The van der Waals surface area contributed by atoms with Gasteiger partial charge in [-0.1, -0.05) is 0 Å². The summed E-state index contributed by atoms with van der Waals surface area (Å²) >= 11 is 0. The van der Waals surface area contributed by atoms with E-state index in [0.29, 0.717) is 11.4 Å². The van der Waals surface area contributed by atoms with Crippen molar-refractivity contribution in [3.8, 4) is 11.6 Å². The molecular weight excluding hydrogens is 266 g/mol. The molecule has 0 radical (unpaired) electrons. The van der Waals surface area contributed by atoms with Crippen molar-refractivity contribution in [1.29, 1.82) is 0 Å². The van der Waals surface area contributed by atoms with Gasteiger partial charge < -0.3 is 4.74 Å². The quantitative estimate of drug-likeness (QED) is 0.477. The zero-order chi connectivity index (χ0) is 14.9. The highest BCUT2D eigenvalue weighted by Crippen LogP contribution is 2.32. The fourth-order valence-corrected chi connectivity index (χ4v) is 1.63. The molecule has 106 valence electrons. The van der Waals surface area contributed by atoms with Crippen molar-refractivity contribution in [3.63, 3.8) is 0 Å². The van der Waals surface area contributed by atoms with Gasteiger partial charge in [0.1, 0.15) is 11.9 Å². The highest BCUT2D eigenvalue weighted by atomic mass is 16.6. The Morgan fingerprint density at radius 1 is 1.50 bits per heavy atom. The molecule has 0 bridgehead atoms. The van der Waals surface area contributed by atoms with Gasteiger partial charge in [0.15, 0.2) is 5.75 Å². The van der Waals surface area contributed by atoms with E-state index in [2.05, 4.69) is 20.5 Å². The second-order valence-corrected chi connectivity index (χ2v) is 4.01. The van der Waals surface area contributed by atoms with E-state index in [-0.39, 0.29) is 17.5 Å². The van der Waals surface area contributed by atoms with Gasteiger partial charge in [-0.05, 0) is 13.8 Å².